The van der Waals surface area contributed by atoms with Crippen LogP contribution in [-0.4, -0.2) is 46.4 Å². The lowest BCUT2D eigenvalue weighted by atomic mass is 9.77. The molecule has 20 heavy (non-hydrogen) atoms. The minimum absolute atomic E-state index is 0.0493. The number of anilines is 1. The van der Waals surface area contributed by atoms with Gasteiger partial charge in [-0.2, -0.15) is 9.97 Å². The van der Waals surface area contributed by atoms with Gasteiger partial charge in [0.25, 0.3) is 0 Å². The largest absolute Gasteiger partial charge is 0.467 e. The molecule has 2 rings (SSSR count). The van der Waals surface area contributed by atoms with Gasteiger partial charge < -0.3 is 19.9 Å². The van der Waals surface area contributed by atoms with Crippen LogP contribution in [0, 0.1) is 5.92 Å². The summed E-state index contributed by atoms with van der Waals surface area (Å²) in [6, 6.07) is 0.382. The van der Waals surface area contributed by atoms with Crippen LogP contribution in [0.3, 0.4) is 0 Å². The SMILES string of the molecule is COc1nc(NC2(CO)CCCC(C)C2)nc(OC)n1. The van der Waals surface area contributed by atoms with Crippen LogP contribution in [-0.2, 0) is 0 Å². The summed E-state index contributed by atoms with van der Waals surface area (Å²) in [6.07, 6.45) is 4.05. The third kappa shape index (κ3) is 3.27. The van der Waals surface area contributed by atoms with Crippen LogP contribution in [0.1, 0.15) is 32.6 Å². The summed E-state index contributed by atoms with van der Waals surface area (Å²) in [5.41, 5.74) is -0.380. The van der Waals surface area contributed by atoms with Crippen molar-refractivity contribution in [3.05, 3.63) is 0 Å². The highest BCUT2D eigenvalue weighted by Gasteiger charge is 2.35. The zero-order valence-corrected chi connectivity index (χ0v) is 12.2. The second-order valence-corrected chi connectivity index (χ2v) is 5.40. The van der Waals surface area contributed by atoms with E-state index in [0.29, 0.717) is 11.9 Å². The monoisotopic (exact) mass is 282 g/mol. The van der Waals surface area contributed by atoms with Crippen LogP contribution >= 0.6 is 0 Å². The average Bonchev–Trinajstić information content (AvgIpc) is 2.46. The van der Waals surface area contributed by atoms with Crippen LogP contribution < -0.4 is 14.8 Å². The molecular formula is C13H22N4O3. The van der Waals surface area contributed by atoms with Gasteiger partial charge in [-0.3, -0.25) is 0 Å². The molecule has 1 saturated carbocycles. The molecule has 2 unspecified atom stereocenters. The van der Waals surface area contributed by atoms with E-state index in [2.05, 4.69) is 27.2 Å². The van der Waals surface area contributed by atoms with Crippen molar-refractivity contribution in [3.63, 3.8) is 0 Å². The summed E-state index contributed by atoms with van der Waals surface area (Å²) in [4.78, 5) is 12.3. The van der Waals surface area contributed by atoms with Crippen molar-refractivity contribution >= 4 is 5.95 Å². The first kappa shape index (κ1) is 14.8. The maximum Gasteiger partial charge on any atom is 0.324 e. The second kappa shape index (κ2) is 6.21. The molecule has 0 aliphatic heterocycles. The van der Waals surface area contributed by atoms with Gasteiger partial charge in [-0.15, -0.1) is 4.98 Å². The second-order valence-electron chi connectivity index (χ2n) is 5.40. The zero-order chi connectivity index (χ0) is 14.6. The van der Waals surface area contributed by atoms with Crippen molar-refractivity contribution in [2.75, 3.05) is 26.1 Å². The highest BCUT2D eigenvalue weighted by atomic mass is 16.5. The van der Waals surface area contributed by atoms with E-state index in [4.69, 9.17) is 9.47 Å². The number of methoxy groups -OCH3 is 2. The maximum absolute atomic E-state index is 9.78. The van der Waals surface area contributed by atoms with E-state index in [1.54, 1.807) is 0 Å². The molecule has 0 bridgehead atoms. The third-order valence-corrected chi connectivity index (χ3v) is 3.73. The zero-order valence-electron chi connectivity index (χ0n) is 12.2. The van der Waals surface area contributed by atoms with E-state index in [1.807, 2.05) is 0 Å². The fourth-order valence-corrected chi connectivity index (χ4v) is 2.77. The van der Waals surface area contributed by atoms with Crippen molar-refractivity contribution in [2.24, 2.45) is 5.92 Å². The van der Waals surface area contributed by atoms with Gasteiger partial charge in [0.2, 0.25) is 5.95 Å². The molecule has 1 aliphatic carbocycles. The number of hydrogen-bond acceptors (Lipinski definition) is 7. The van der Waals surface area contributed by atoms with Gasteiger partial charge in [0.05, 0.1) is 26.4 Å². The van der Waals surface area contributed by atoms with Crippen LogP contribution in [0.4, 0.5) is 5.95 Å². The molecule has 7 heteroatoms. The number of hydrogen-bond donors (Lipinski definition) is 2. The van der Waals surface area contributed by atoms with Crippen molar-refractivity contribution in [2.45, 2.75) is 38.1 Å². The Hall–Kier alpha value is -1.63. The van der Waals surface area contributed by atoms with Crippen LogP contribution in [0.2, 0.25) is 0 Å². The summed E-state index contributed by atoms with van der Waals surface area (Å²) in [7, 11) is 2.98. The summed E-state index contributed by atoms with van der Waals surface area (Å²) in [5, 5.41) is 13.0. The Morgan fingerprint density at radius 2 is 1.90 bits per heavy atom. The van der Waals surface area contributed by atoms with Gasteiger partial charge in [-0.1, -0.05) is 19.8 Å². The molecule has 0 aromatic carbocycles. The first-order valence-electron chi connectivity index (χ1n) is 6.84. The Balaban J connectivity index is 2.22. The fourth-order valence-electron chi connectivity index (χ4n) is 2.77. The molecule has 1 aromatic rings. The van der Waals surface area contributed by atoms with Crippen LogP contribution in [0.15, 0.2) is 0 Å². The number of rotatable bonds is 5. The number of nitrogens with one attached hydrogen (secondary N) is 1. The van der Waals surface area contributed by atoms with E-state index < -0.39 is 0 Å². The Morgan fingerprint density at radius 3 is 2.40 bits per heavy atom. The third-order valence-electron chi connectivity index (χ3n) is 3.73. The first-order chi connectivity index (χ1) is 9.60. The molecule has 112 valence electrons. The molecule has 1 heterocycles. The average molecular weight is 282 g/mol. The highest BCUT2D eigenvalue weighted by Crippen LogP contribution is 2.34. The highest BCUT2D eigenvalue weighted by molar-refractivity contribution is 5.32. The Labute approximate surface area is 118 Å². The van der Waals surface area contributed by atoms with E-state index in [1.165, 1.54) is 20.6 Å². The normalized spacial score (nSPS) is 26.1. The summed E-state index contributed by atoms with van der Waals surface area (Å²) in [6.45, 7) is 2.24. The predicted molar refractivity (Wildman–Crippen MR) is 74.0 cm³/mol. The fraction of sp³-hybridized carbons (Fsp3) is 0.769. The molecule has 0 spiro atoms. The number of aliphatic hydroxyl groups excluding tert-OH is 1. The molecule has 1 aromatic heterocycles. The lowest BCUT2D eigenvalue weighted by Crippen LogP contribution is -2.46. The summed E-state index contributed by atoms with van der Waals surface area (Å²) < 4.78 is 10.1. The molecule has 1 aliphatic rings. The molecule has 2 atom stereocenters. The number of nitrogens with zero attached hydrogens (tertiary/aromatic N) is 3. The molecule has 0 radical (unpaired) electrons. The number of aromatic nitrogens is 3. The Kier molecular flexibility index (Phi) is 4.59. The maximum atomic E-state index is 9.78. The van der Waals surface area contributed by atoms with Gasteiger partial charge in [-0.05, 0) is 18.8 Å². The lowest BCUT2D eigenvalue weighted by Gasteiger charge is -2.39. The van der Waals surface area contributed by atoms with E-state index >= 15 is 0 Å². The minimum Gasteiger partial charge on any atom is -0.467 e. The quantitative estimate of drug-likeness (QED) is 0.839. The first-order valence-corrected chi connectivity index (χ1v) is 6.84. The van der Waals surface area contributed by atoms with Gasteiger partial charge >= 0.3 is 12.0 Å². The van der Waals surface area contributed by atoms with E-state index in [0.717, 1.165) is 19.3 Å². The Morgan fingerprint density at radius 1 is 1.25 bits per heavy atom. The Bertz CT molecular complexity index is 435. The van der Waals surface area contributed by atoms with Crippen LogP contribution in [0.5, 0.6) is 12.0 Å². The van der Waals surface area contributed by atoms with Crippen molar-refractivity contribution in [1.29, 1.82) is 0 Å². The smallest absolute Gasteiger partial charge is 0.324 e. The standard InChI is InChI=1S/C13H22N4O3/c1-9-5-4-6-13(7-9,8-18)17-10-14-11(19-2)16-12(15-10)20-3/h9,18H,4-8H2,1-3H3,(H,14,15,16,17). The van der Waals surface area contributed by atoms with Gasteiger partial charge in [0.15, 0.2) is 0 Å². The molecule has 0 saturated heterocycles. The molecule has 0 amide bonds. The number of ether oxygens (including phenoxy) is 2. The topological polar surface area (TPSA) is 89.4 Å². The van der Waals surface area contributed by atoms with E-state index in [9.17, 15) is 5.11 Å². The van der Waals surface area contributed by atoms with Crippen molar-refractivity contribution < 1.29 is 14.6 Å². The molecule has 2 N–H and O–H groups in total. The van der Waals surface area contributed by atoms with Crippen molar-refractivity contribution in [3.8, 4) is 12.0 Å². The molecule has 7 nitrogen and oxygen atoms in total. The molecular weight excluding hydrogens is 260 g/mol. The minimum atomic E-state index is -0.380. The molecule has 1 fully saturated rings. The predicted octanol–water partition coefficient (Wildman–Crippen LogP) is 1.24. The van der Waals surface area contributed by atoms with Gasteiger partial charge in [-0.25, -0.2) is 0 Å². The number of aliphatic hydroxyl groups is 1. The summed E-state index contributed by atoms with van der Waals surface area (Å²) in [5.74, 6) is 0.936. The summed E-state index contributed by atoms with van der Waals surface area (Å²) >= 11 is 0. The lowest BCUT2D eigenvalue weighted by molar-refractivity contribution is 0.148. The van der Waals surface area contributed by atoms with E-state index in [-0.39, 0.29) is 24.2 Å². The van der Waals surface area contributed by atoms with Crippen molar-refractivity contribution in [1.82, 2.24) is 15.0 Å². The van der Waals surface area contributed by atoms with Gasteiger partial charge in [0, 0.05) is 0 Å². The van der Waals surface area contributed by atoms with Crippen LogP contribution in [0.25, 0.3) is 0 Å². The van der Waals surface area contributed by atoms with Gasteiger partial charge in [0.1, 0.15) is 0 Å².